The molecule has 2 aromatic heterocycles. The van der Waals surface area contributed by atoms with Crippen LogP contribution in [0.4, 0.5) is 0 Å². The van der Waals surface area contributed by atoms with Gasteiger partial charge < -0.3 is 9.97 Å². The summed E-state index contributed by atoms with van der Waals surface area (Å²) in [6, 6.07) is 8.03. The quantitative estimate of drug-likeness (QED) is 0.761. The Bertz CT molecular complexity index is 610. The minimum atomic E-state index is 0.743. The molecule has 0 aliphatic heterocycles. The second kappa shape index (κ2) is 4.18. The lowest BCUT2D eigenvalue weighted by atomic mass is 10.2. The van der Waals surface area contributed by atoms with E-state index in [2.05, 4.69) is 35.9 Å². The number of aromatic amines is 2. The maximum Gasteiger partial charge on any atom is 0.174 e. The molecule has 0 unspecified atom stereocenters. The normalized spacial score (nSPS) is 10.6. The van der Waals surface area contributed by atoms with Crippen LogP contribution in [0.2, 0.25) is 0 Å². The largest absolute Gasteiger partial charge is 0.342 e. The number of nitrogens with zero attached hydrogens (tertiary/aromatic N) is 2. The number of halogens is 1. The second-order valence-electron chi connectivity index (χ2n) is 3.58. The summed E-state index contributed by atoms with van der Waals surface area (Å²) in [5, 5.41) is 0. The molecule has 3 rings (SSSR count). The zero-order chi connectivity index (χ0) is 11.7. The Morgan fingerprint density at radius 1 is 1.00 bits per heavy atom. The van der Waals surface area contributed by atoms with Gasteiger partial charge in [-0.1, -0.05) is 28.1 Å². The minimum Gasteiger partial charge on any atom is -0.342 e. The lowest BCUT2D eigenvalue weighted by Crippen LogP contribution is -1.82. The Morgan fingerprint density at radius 2 is 1.82 bits per heavy atom. The lowest BCUT2D eigenvalue weighted by molar-refractivity contribution is 1.20. The molecule has 0 fully saturated rings. The molecule has 2 N–H and O–H groups in total. The summed E-state index contributed by atoms with van der Waals surface area (Å²) in [6.07, 6.45) is 5.36. The van der Waals surface area contributed by atoms with E-state index in [1.807, 2.05) is 30.5 Å². The topological polar surface area (TPSA) is 57.4 Å². The number of benzene rings is 1. The van der Waals surface area contributed by atoms with Crippen molar-refractivity contribution in [3.63, 3.8) is 0 Å². The Morgan fingerprint density at radius 3 is 2.53 bits per heavy atom. The third-order valence-corrected chi connectivity index (χ3v) is 2.97. The van der Waals surface area contributed by atoms with Crippen molar-refractivity contribution in [3.05, 3.63) is 47.3 Å². The summed E-state index contributed by atoms with van der Waals surface area (Å²) in [6.45, 7) is 0. The number of imidazole rings is 2. The summed E-state index contributed by atoms with van der Waals surface area (Å²) in [5.41, 5.74) is 1.98. The average molecular weight is 289 g/mol. The molecule has 1 aromatic carbocycles. The first-order chi connectivity index (χ1) is 8.33. The molecule has 5 heteroatoms. The Kier molecular flexibility index (Phi) is 2.53. The van der Waals surface area contributed by atoms with Gasteiger partial charge in [0.15, 0.2) is 11.6 Å². The van der Waals surface area contributed by atoms with E-state index in [9.17, 15) is 0 Å². The van der Waals surface area contributed by atoms with Crippen LogP contribution in [0.15, 0.2) is 47.3 Å². The Balaban J connectivity index is 1.98. The molecule has 0 aliphatic rings. The summed E-state index contributed by atoms with van der Waals surface area (Å²) in [7, 11) is 0. The van der Waals surface area contributed by atoms with Crippen molar-refractivity contribution < 1.29 is 0 Å². The van der Waals surface area contributed by atoms with Gasteiger partial charge in [-0.2, -0.15) is 0 Å². The zero-order valence-corrected chi connectivity index (χ0v) is 10.4. The zero-order valence-electron chi connectivity index (χ0n) is 8.81. The maximum absolute atomic E-state index is 4.49. The lowest BCUT2D eigenvalue weighted by Gasteiger charge is -1.95. The standard InChI is InChI=1S/C12H9BrN4/c13-9-3-1-8(2-4-9)10-7-16-12(17-10)11-14-5-6-15-11/h1-7H,(H,14,15)(H,16,17). The monoisotopic (exact) mass is 288 g/mol. The molecule has 3 aromatic rings. The molecule has 84 valence electrons. The van der Waals surface area contributed by atoms with Crippen molar-refractivity contribution in [1.29, 1.82) is 0 Å². The molecule has 4 nitrogen and oxygen atoms in total. The van der Waals surface area contributed by atoms with Crippen molar-refractivity contribution >= 4 is 15.9 Å². The van der Waals surface area contributed by atoms with Gasteiger partial charge in [0.25, 0.3) is 0 Å². The predicted molar refractivity (Wildman–Crippen MR) is 69.3 cm³/mol. The van der Waals surface area contributed by atoms with Crippen LogP contribution < -0.4 is 0 Å². The van der Waals surface area contributed by atoms with Crippen LogP contribution in [0.25, 0.3) is 22.9 Å². The molecule has 0 amide bonds. The molecule has 0 atom stereocenters. The molecule has 0 spiro atoms. The highest BCUT2D eigenvalue weighted by Gasteiger charge is 2.06. The Hall–Kier alpha value is -1.88. The number of hydrogen-bond acceptors (Lipinski definition) is 2. The van der Waals surface area contributed by atoms with Crippen molar-refractivity contribution in [2.75, 3.05) is 0 Å². The fraction of sp³-hybridized carbons (Fsp3) is 0. The Labute approximate surface area is 106 Å². The second-order valence-corrected chi connectivity index (χ2v) is 4.49. The van der Waals surface area contributed by atoms with Gasteiger partial charge in [-0.15, -0.1) is 0 Å². The molecule has 17 heavy (non-hydrogen) atoms. The van der Waals surface area contributed by atoms with Gasteiger partial charge in [-0.05, 0) is 12.1 Å². The molecular formula is C12H9BrN4. The van der Waals surface area contributed by atoms with E-state index in [0.717, 1.165) is 27.4 Å². The van der Waals surface area contributed by atoms with Gasteiger partial charge in [0.05, 0.1) is 5.69 Å². The van der Waals surface area contributed by atoms with Crippen LogP contribution >= 0.6 is 15.9 Å². The van der Waals surface area contributed by atoms with Gasteiger partial charge in [-0.25, -0.2) is 9.97 Å². The van der Waals surface area contributed by atoms with E-state index in [4.69, 9.17) is 0 Å². The van der Waals surface area contributed by atoms with E-state index in [-0.39, 0.29) is 0 Å². The fourth-order valence-electron chi connectivity index (χ4n) is 1.61. The SMILES string of the molecule is Brc1ccc(-c2c[nH]c(-c3ncc[nH]3)n2)cc1. The van der Waals surface area contributed by atoms with Crippen LogP contribution in [0.1, 0.15) is 0 Å². The molecule has 0 saturated heterocycles. The molecule has 0 bridgehead atoms. The van der Waals surface area contributed by atoms with Gasteiger partial charge in [-0.3, -0.25) is 0 Å². The van der Waals surface area contributed by atoms with Gasteiger partial charge >= 0.3 is 0 Å². The van der Waals surface area contributed by atoms with Crippen LogP contribution in [0.5, 0.6) is 0 Å². The van der Waals surface area contributed by atoms with Crippen LogP contribution in [0.3, 0.4) is 0 Å². The summed E-state index contributed by atoms with van der Waals surface area (Å²) in [5.74, 6) is 1.49. The average Bonchev–Trinajstić information content (AvgIpc) is 3.00. The van der Waals surface area contributed by atoms with Crippen molar-refractivity contribution in [3.8, 4) is 22.9 Å². The number of nitrogens with one attached hydrogen (secondary N) is 2. The van der Waals surface area contributed by atoms with Crippen LogP contribution in [-0.4, -0.2) is 19.9 Å². The van der Waals surface area contributed by atoms with E-state index in [0.29, 0.717) is 0 Å². The number of aromatic nitrogens is 4. The van der Waals surface area contributed by atoms with E-state index >= 15 is 0 Å². The first kappa shape index (κ1) is 10.3. The predicted octanol–water partition coefficient (Wildman–Crippen LogP) is 3.23. The fourth-order valence-corrected chi connectivity index (χ4v) is 1.87. The molecule has 0 aliphatic carbocycles. The summed E-state index contributed by atoms with van der Waals surface area (Å²) < 4.78 is 1.06. The first-order valence-electron chi connectivity index (χ1n) is 5.14. The number of H-pyrrole nitrogens is 2. The smallest absolute Gasteiger partial charge is 0.174 e. The number of rotatable bonds is 2. The molecule has 0 saturated carbocycles. The van der Waals surface area contributed by atoms with E-state index in [1.54, 1.807) is 12.4 Å². The third-order valence-electron chi connectivity index (χ3n) is 2.44. The van der Waals surface area contributed by atoms with Gasteiger partial charge in [0.2, 0.25) is 0 Å². The molecular weight excluding hydrogens is 280 g/mol. The summed E-state index contributed by atoms with van der Waals surface area (Å²) >= 11 is 3.41. The summed E-state index contributed by atoms with van der Waals surface area (Å²) in [4.78, 5) is 14.8. The van der Waals surface area contributed by atoms with Gasteiger partial charge in [0, 0.05) is 28.6 Å². The number of hydrogen-bond donors (Lipinski definition) is 2. The highest BCUT2D eigenvalue weighted by molar-refractivity contribution is 9.10. The van der Waals surface area contributed by atoms with E-state index < -0.39 is 0 Å². The highest BCUT2D eigenvalue weighted by Crippen LogP contribution is 2.21. The molecule has 0 radical (unpaired) electrons. The van der Waals surface area contributed by atoms with Gasteiger partial charge in [0.1, 0.15) is 0 Å². The minimum absolute atomic E-state index is 0.743. The van der Waals surface area contributed by atoms with Crippen molar-refractivity contribution in [2.24, 2.45) is 0 Å². The third kappa shape index (κ3) is 2.01. The van der Waals surface area contributed by atoms with E-state index in [1.165, 1.54) is 0 Å². The highest BCUT2D eigenvalue weighted by atomic mass is 79.9. The van der Waals surface area contributed by atoms with Crippen LogP contribution in [-0.2, 0) is 0 Å². The first-order valence-corrected chi connectivity index (χ1v) is 5.93. The maximum atomic E-state index is 4.49. The van der Waals surface area contributed by atoms with Crippen LogP contribution in [0, 0.1) is 0 Å². The van der Waals surface area contributed by atoms with Crippen molar-refractivity contribution in [1.82, 2.24) is 19.9 Å². The molecule has 2 heterocycles. The van der Waals surface area contributed by atoms with Crippen molar-refractivity contribution in [2.45, 2.75) is 0 Å².